The van der Waals surface area contributed by atoms with Crippen LogP contribution in [-0.2, 0) is 20.7 Å². The van der Waals surface area contributed by atoms with Crippen LogP contribution in [-0.4, -0.2) is 36.2 Å². The zero-order chi connectivity index (χ0) is 17.4. The summed E-state index contributed by atoms with van der Waals surface area (Å²) in [4.78, 5) is 23.4. The highest BCUT2D eigenvalue weighted by atomic mass is 16.5. The van der Waals surface area contributed by atoms with E-state index in [0.29, 0.717) is 19.6 Å². The number of unbranched alkanes of at least 4 members (excludes halogenated alkanes) is 1. The van der Waals surface area contributed by atoms with E-state index >= 15 is 0 Å². The standard InChI is InChI=1S/C19H27NO4/c1-14-8-10-15(11-9-14)5-2-3-7-17(21)20-18(19(22)23)16-6-4-12-24-13-16/h8-11,16,18H,2-7,12-13H2,1H3,(H,20,21)(H,22,23). The Morgan fingerprint density at radius 1 is 1.29 bits per heavy atom. The lowest BCUT2D eigenvalue weighted by Crippen LogP contribution is -2.48. The molecule has 1 aromatic carbocycles. The number of carboxylic acids is 1. The van der Waals surface area contributed by atoms with Crippen LogP contribution in [0.4, 0.5) is 0 Å². The molecule has 132 valence electrons. The molecule has 0 aliphatic carbocycles. The first-order valence-corrected chi connectivity index (χ1v) is 8.71. The molecule has 0 radical (unpaired) electrons. The summed E-state index contributed by atoms with van der Waals surface area (Å²) >= 11 is 0. The molecule has 1 aromatic rings. The Labute approximate surface area is 143 Å². The molecular formula is C19H27NO4. The highest BCUT2D eigenvalue weighted by molar-refractivity contribution is 5.83. The topological polar surface area (TPSA) is 75.6 Å². The molecule has 0 bridgehead atoms. The number of hydrogen-bond acceptors (Lipinski definition) is 3. The summed E-state index contributed by atoms with van der Waals surface area (Å²) in [5.74, 6) is -1.29. The van der Waals surface area contributed by atoms with Crippen molar-refractivity contribution < 1.29 is 19.4 Å². The average molecular weight is 333 g/mol. The number of nitrogens with one attached hydrogen (secondary N) is 1. The Balaban J connectivity index is 1.70. The van der Waals surface area contributed by atoms with Gasteiger partial charge < -0.3 is 15.2 Å². The van der Waals surface area contributed by atoms with Crippen LogP contribution in [0, 0.1) is 12.8 Å². The zero-order valence-electron chi connectivity index (χ0n) is 14.3. The fourth-order valence-electron chi connectivity index (χ4n) is 3.02. The highest BCUT2D eigenvalue weighted by Crippen LogP contribution is 2.18. The Bertz CT molecular complexity index is 535. The van der Waals surface area contributed by atoms with Gasteiger partial charge in [0.2, 0.25) is 5.91 Å². The Hall–Kier alpha value is -1.88. The van der Waals surface area contributed by atoms with Crippen molar-refractivity contribution in [3.63, 3.8) is 0 Å². The number of aliphatic carboxylic acids is 1. The number of rotatable bonds is 8. The van der Waals surface area contributed by atoms with Gasteiger partial charge in [-0.3, -0.25) is 4.79 Å². The first-order valence-electron chi connectivity index (χ1n) is 8.71. The van der Waals surface area contributed by atoms with Crippen molar-refractivity contribution in [1.29, 1.82) is 0 Å². The predicted molar refractivity (Wildman–Crippen MR) is 91.8 cm³/mol. The lowest BCUT2D eigenvalue weighted by atomic mass is 9.93. The average Bonchev–Trinajstić information content (AvgIpc) is 2.58. The minimum Gasteiger partial charge on any atom is -0.480 e. The number of aryl methyl sites for hydroxylation is 2. The monoisotopic (exact) mass is 333 g/mol. The van der Waals surface area contributed by atoms with Crippen LogP contribution in [0.1, 0.15) is 43.2 Å². The predicted octanol–water partition coefficient (Wildman–Crippen LogP) is 2.70. The minimum absolute atomic E-state index is 0.132. The number of hydrogen-bond donors (Lipinski definition) is 2. The first-order chi connectivity index (χ1) is 11.6. The van der Waals surface area contributed by atoms with Gasteiger partial charge in [0, 0.05) is 18.9 Å². The molecule has 0 aromatic heterocycles. The molecule has 5 heteroatoms. The molecule has 0 spiro atoms. The Morgan fingerprint density at radius 2 is 2.04 bits per heavy atom. The van der Waals surface area contributed by atoms with Gasteiger partial charge in [0.25, 0.3) is 0 Å². The fraction of sp³-hybridized carbons (Fsp3) is 0.579. The van der Waals surface area contributed by atoms with Gasteiger partial charge in [-0.25, -0.2) is 4.79 Å². The van der Waals surface area contributed by atoms with Crippen LogP contribution in [0.25, 0.3) is 0 Å². The van der Waals surface area contributed by atoms with Gasteiger partial charge in [0.15, 0.2) is 0 Å². The zero-order valence-corrected chi connectivity index (χ0v) is 14.3. The van der Waals surface area contributed by atoms with Gasteiger partial charge >= 0.3 is 5.97 Å². The van der Waals surface area contributed by atoms with Gasteiger partial charge in [-0.15, -0.1) is 0 Å². The Morgan fingerprint density at radius 3 is 2.67 bits per heavy atom. The van der Waals surface area contributed by atoms with Crippen LogP contribution >= 0.6 is 0 Å². The SMILES string of the molecule is Cc1ccc(CCCCC(=O)NC(C(=O)O)C2CCCOC2)cc1. The third kappa shape index (κ3) is 5.96. The maximum Gasteiger partial charge on any atom is 0.326 e. The number of benzene rings is 1. The molecule has 1 saturated heterocycles. The van der Waals surface area contributed by atoms with E-state index in [4.69, 9.17) is 4.74 Å². The summed E-state index contributed by atoms with van der Waals surface area (Å²) in [7, 11) is 0. The van der Waals surface area contributed by atoms with Crippen LogP contribution < -0.4 is 5.32 Å². The molecule has 1 fully saturated rings. The van der Waals surface area contributed by atoms with Gasteiger partial charge in [-0.1, -0.05) is 29.8 Å². The molecule has 1 aliphatic rings. The number of amides is 1. The molecular weight excluding hydrogens is 306 g/mol. The number of carboxylic acid groups (broad SMARTS) is 1. The third-order valence-electron chi connectivity index (χ3n) is 4.49. The van der Waals surface area contributed by atoms with Crippen molar-refractivity contribution in [2.24, 2.45) is 5.92 Å². The molecule has 1 aliphatic heterocycles. The second-order valence-electron chi connectivity index (χ2n) is 6.55. The molecule has 1 amide bonds. The summed E-state index contributed by atoms with van der Waals surface area (Å²) in [6, 6.07) is 7.56. The molecule has 0 saturated carbocycles. The lowest BCUT2D eigenvalue weighted by Gasteiger charge is -2.28. The lowest BCUT2D eigenvalue weighted by molar-refractivity contribution is -0.145. The molecule has 5 nitrogen and oxygen atoms in total. The quantitative estimate of drug-likeness (QED) is 0.717. The maximum atomic E-state index is 12.0. The Kier molecular flexibility index (Phi) is 7.25. The van der Waals surface area contributed by atoms with Gasteiger partial charge in [-0.2, -0.15) is 0 Å². The van der Waals surface area contributed by atoms with E-state index < -0.39 is 12.0 Å². The summed E-state index contributed by atoms with van der Waals surface area (Å²) in [5, 5.41) is 12.0. The van der Waals surface area contributed by atoms with Crippen LogP contribution in [0.15, 0.2) is 24.3 Å². The van der Waals surface area contributed by atoms with Crippen molar-refractivity contribution in [2.75, 3.05) is 13.2 Å². The van der Waals surface area contributed by atoms with E-state index in [-0.39, 0.29) is 11.8 Å². The van der Waals surface area contributed by atoms with E-state index in [1.807, 2.05) is 0 Å². The molecule has 2 N–H and O–H groups in total. The minimum atomic E-state index is -0.974. The van der Waals surface area contributed by atoms with Crippen molar-refractivity contribution in [2.45, 2.75) is 51.5 Å². The summed E-state index contributed by atoms with van der Waals surface area (Å²) in [6.07, 6.45) is 4.61. The number of ether oxygens (including phenoxy) is 1. The molecule has 24 heavy (non-hydrogen) atoms. The maximum absolute atomic E-state index is 12.0. The summed E-state index contributed by atoms with van der Waals surface area (Å²) < 4.78 is 5.34. The smallest absolute Gasteiger partial charge is 0.326 e. The third-order valence-corrected chi connectivity index (χ3v) is 4.49. The van der Waals surface area contributed by atoms with Gasteiger partial charge in [0.1, 0.15) is 6.04 Å². The first kappa shape index (κ1) is 18.5. The molecule has 2 unspecified atom stereocenters. The van der Waals surface area contributed by atoms with Gasteiger partial charge in [-0.05, 0) is 44.6 Å². The van der Waals surface area contributed by atoms with E-state index in [1.54, 1.807) is 0 Å². The number of carbonyl (C=O) groups is 2. The number of carbonyl (C=O) groups excluding carboxylic acids is 1. The van der Waals surface area contributed by atoms with Crippen molar-refractivity contribution in [1.82, 2.24) is 5.32 Å². The second kappa shape index (κ2) is 9.42. The van der Waals surface area contributed by atoms with E-state index in [2.05, 4.69) is 36.5 Å². The van der Waals surface area contributed by atoms with Crippen molar-refractivity contribution in [3.05, 3.63) is 35.4 Å². The largest absolute Gasteiger partial charge is 0.480 e. The molecule has 2 atom stereocenters. The normalized spacial score (nSPS) is 18.8. The van der Waals surface area contributed by atoms with Crippen molar-refractivity contribution >= 4 is 11.9 Å². The van der Waals surface area contributed by atoms with Gasteiger partial charge in [0.05, 0.1) is 6.61 Å². The molecule has 1 heterocycles. The van der Waals surface area contributed by atoms with E-state index in [9.17, 15) is 14.7 Å². The van der Waals surface area contributed by atoms with Crippen LogP contribution in [0.3, 0.4) is 0 Å². The fourth-order valence-corrected chi connectivity index (χ4v) is 3.02. The van der Waals surface area contributed by atoms with Crippen LogP contribution in [0.2, 0.25) is 0 Å². The van der Waals surface area contributed by atoms with Crippen LogP contribution in [0.5, 0.6) is 0 Å². The summed E-state index contributed by atoms with van der Waals surface area (Å²) in [5.41, 5.74) is 2.51. The van der Waals surface area contributed by atoms with E-state index in [0.717, 1.165) is 32.1 Å². The van der Waals surface area contributed by atoms with E-state index in [1.165, 1.54) is 11.1 Å². The molecule has 2 rings (SSSR count). The second-order valence-corrected chi connectivity index (χ2v) is 6.55. The highest BCUT2D eigenvalue weighted by Gasteiger charge is 2.31. The summed E-state index contributed by atoms with van der Waals surface area (Å²) in [6.45, 7) is 3.14. The van der Waals surface area contributed by atoms with Crippen molar-refractivity contribution in [3.8, 4) is 0 Å².